The van der Waals surface area contributed by atoms with E-state index in [0.717, 1.165) is 23.0 Å². The predicted octanol–water partition coefficient (Wildman–Crippen LogP) is 2.96. The fraction of sp³-hybridized carbons (Fsp3) is 0.250. The lowest BCUT2D eigenvalue weighted by atomic mass is 10.2. The van der Waals surface area contributed by atoms with Crippen molar-refractivity contribution >= 4 is 23.2 Å². The van der Waals surface area contributed by atoms with E-state index in [9.17, 15) is 0 Å². The summed E-state index contributed by atoms with van der Waals surface area (Å²) in [6, 6.07) is 5.48. The molecule has 0 atom stereocenters. The van der Waals surface area contributed by atoms with Crippen LogP contribution in [0.25, 0.3) is 0 Å². The van der Waals surface area contributed by atoms with Crippen LogP contribution in [0.5, 0.6) is 0 Å². The highest BCUT2D eigenvalue weighted by Crippen LogP contribution is 2.21. The minimum atomic E-state index is 0.677. The topological polar surface area (TPSA) is 29.9 Å². The summed E-state index contributed by atoms with van der Waals surface area (Å²) in [6.45, 7) is 1.40. The van der Waals surface area contributed by atoms with Gasteiger partial charge in [-0.15, -0.1) is 0 Å². The number of nitrogens with zero attached hydrogens (tertiary/aromatic N) is 2. The van der Waals surface area contributed by atoms with Gasteiger partial charge in [0.05, 0.1) is 13.1 Å². The smallest absolute Gasteiger partial charge is 0.122 e. The molecular weight excluding hydrogens is 257 g/mol. The second-order valence-corrected chi connectivity index (χ2v) is 4.58. The van der Waals surface area contributed by atoms with Gasteiger partial charge in [-0.05, 0) is 30.8 Å². The lowest BCUT2D eigenvalue weighted by Gasteiger charge is -2.09. The Balaban J connectivity index is 2.25. The van der Waals surface area contributed by atoms with Crippen molar-refractivity contribution in [3.63, 3.8) is 0 Å². The van der Waals surface area contributed by atoms with Crippen LogP contribution >= 0.6 is 23.2 Å². The van der Waals surface area contributed by atoms with Gasteiger partial charge in [0.1, 0.15) is 5.82 Å². The predicted molar refractivity (Wildman–Crippen MR) is 70.6 cm³/mol. The number of hydrogen-bond donors (Lipinski definition) is 1. The molecule has 0 fully saturated rings. The van der Waals surface area contributed by atoms with Crippen molar-refractivity contribution in [3.05, 3.63) is 52.0 Å². The summed E-state index contributed by atoms with van der Waals surface area (Å²) in [5.74, 6) is 0.976. The van der Waals surface area contributed by atoms with Gasteiger partial charge in [0, 0.05) is 22.4 Å². The summed E-state index contributed by atoms with van der Waals surface area (Å²) in [5.41, 5.74) is 0.995. The number of rotatable bonds is 4. The molecule has 5 heteroatoms. The third kappa shape index (κ3) is 3.00. The van der Waals surface area contributed by atoms with E-state index in [4.69, 9.17) is 23.2 Å². The molecule has 0 aliphatic heterocycles. The first kappa shape index (κ1) is 12.4. The molecule has 3 nitrogen and oxygen atoms in total. The Kier molecular flexibility index (Phi) is 4.05. The molecule has 2 rings (SSSR count). The quantitative estimate of drug-likeness (QED) is 0.925. The molecule has 0 amide bonds. The zero-order chi connectivity index (χ0) is 12.3. The molecule has 0 radical (unpaired) electrons. The van der Waals surface area contributed by atoms with Crippen LogP contribution in [-0.2, 0) is 13.1 Å². The van der Waals surface area contributed by atoms with Crippen molar-refractivity contribution in [1.29, 1.82) is 0 Å². The van der Waals surface area contributed by atoms with Crippen LogP contribution in [-0.4, -0.2) is 16.6 Å². The van der Waals surface area contributed by atoms with E-state index >= 15 is 0 Å². The minimum Gasteiger partial charge on any atom is -0.329 e. The maximum atomic E-state index is 6.13. The molecule has 0 aliphatic rings. The maximum Gasteiger partial charge on any atom is 0.122 e. The largest absolute Gasteiger partial charge is 0.329 e. The molecule has 1 aromatic heterocycles. The standard InChI is InChI=1S/C12H13Cl2N3/c1-15-7-12-16-4-5-17(12)8-9-6-10(13)2-3-11(9)14/h2-6,15H,7-8H2,1H3. The van der Waals surface area contributed by atoms with Gasteiger partial charge < -0.3 is 9.88 Å². The van der Waals surface area contributed by atoms with Crippen molar-refractivity contribution in [1.82, 2.24) is 14.9 Å². The van der Waals surface area contributed by atoms with Crippen LogP contribution < -0.4 is 5.32 Å². The first-order chi connectivity index (χ1) is 8.20. The highest BCUT2D eigenvalue weighted by atomic mass is 35.5. The molecule has 0 saturated carbocycles. The van der Waals surface area contributed by atoms with Crippen molar-refractivity contribution in [3.8, 4) is 0 Å². The molecule has 0 unspecified atom stereocenters. The third-order valence-corrected chi connectivity index (χ3v) is 3.09. The molecular formula is C12H13Cl2N3. The van der Waals surface area contributed by atoms with Gasteiger partial charge in [0.2, 0.25) is 0 Å². The van der Waals surface area contributed by atoms with E-state index < -0.39 is 0 Å². The van der Waals surface area contributed by atoms with Crippen molar-refractivity contribution in [2.75, 3.05) is 7.05 Å². The second kappa shape index (κ2) is 5.54. The zero-order valence-corrected chi connectivity index (χ0v) is 11.0. The van der Waals surface area contributed by atoms with Crippen molar-refractivity contribution in [2.45, 2.75) is 13.1 Å². The Bertz CT molecular complexity index is 508. The molecule has 1 N–H and O–H groups in total. The second-order valence-electron chi connectivity index (χ2n) is 3.74. The average Bonchev–Trinajstić information content (AvgIpc) is 2.72. The van der Waals surface area contributed by atoms with Gasteiger partial charge in [-0.2, -0.15) is 0 Å². The Morgan fingerprint density at radius 1 is 1.35 bits per heavy atom. The third-order valence-electron chi connectivity index (χ3n) is 2.49. The van der Waals surface area contributed by atoms with Gasteiger partial charge in [-0.1, -0.05) is 23.2 Å². The summed E-state index contributed by atoms with van der Waals surface area (Å²) in [5, 5.41) is 4.49. The van der Waals surface area contributed by atoms with E-state index in [1.165, 1.54) is 0 Å². The number of halogens is 2. The van der Waals surface area contributed by atoms with Gasteiger partial charge in [0.25, 0.3) is 0 Å². The molecule has 0 saturated heterocycles. The molecule has 1 heterocycles. The Morgan fingerprint density at radius 3 is 2.94 bits per heavy atom. The highest BCUT2D eigenvalue weighted by Gasteiger charge is 2.06. The summed E-state index contributed by atoms with van der Waals surface area (Å²) < 4.78 is 2.05. The van der Waals surface area contributed by atoms with Crippen LogP contribution in [0.1, 0.15) is 11.4 Å². The molecule has 90 valence electrons. The number of aromatic nitrogens is 2. The summed E-state index contributed by atoms with van der Waals surface area (Å²) >= 11 is 12.1. The Morgan fingerprint density at radius 2 is 2.18 bits per heavy atom. The first-order valence-electron chi connectivity index (χ1n) is 5.29. The van der Waals surface area contributed by atoms with Gasteiger partial charge in [-0.3, -0.25) is 0 Å². The van der Waals surface area contributed by atoms with Crippen molar-refractivity contribution < 1.29 is 0 Å². The number of nitrogens with one attached hydrogen (secondary N) is 1. The summed E-state index contributed by atoms with van der Waals surface area (Å²) in [7, 11) is 1.89. The average molecular weight is 270 g/mol. The highest BCUT2D eigenvalue weighted by molar-refractivity contribution is 6.33. The minimum absolute atomic E-state index is 0.677. The fourth-order valence-corrected chi connectivity index (χ4v) is 2.03. The number of hydrogen-bond acceptors (Lipinski definition) is 2. The SMILES string of the molecule is CNCc1nccn1Cc1cc(Cl)ccc1Cl. The molecule has 17 heavy (non-hydrogen) atoms. The van der Waals surface area contributed by atoms with E-state index in [1.54, 1.807) is 12.3 Å². The van der Waals surface area contributed by atoms with Crippen molar-refractivity contribution in [2.24, 2.45) is 0 Å². The Hall–Kier alpha value is -1.03. The van der Waals surface area contributed by atoms with Gasteiger partial charge >= 0.3 is 0 Å². The molecule has 0 aliphatic carbocycles. The van der Waals surface area contributed by atoms with Gasteiger partial charge in [-0.25, -0.2) is 4.98 Å². The van der Waals surface area contributed by atoms with E-state index in [0.29, 0.717) is 11.6 Å². The van der Waals surface area contributed by atoms with E-state index in [-0.39, 0.29) is 0 Å². The van der Waals surface area contributed by atoms with E-state index in [1.807, 2.05) is 29.9 Å². The maximum absolute atomic E-state index is 6.13. The summed E-state index contributed by atoms with van der Waals surface area (Å²) in [4.78, 5) is 4.28. The molecule has 0 bridgehead atoms. The fourth-order valence-electron chi connectivity index (χ4n) is 1.66. The molecule has 2 aromatic rings. The first-order valence-corrected chi connectivity index (χ1v) is 6.05. The molecule has 1 aromatic carbocycles. The normalized spacial score (nSPS) is 10.8. The molecule has 0 spiro atoms. The van der Waals surface area contributed by atoms with E-state index in [2.05, 4.69) is 10.3 Å². The lowest BCUT2D eigenvalue weighted by Crippen LogP contribution is -2.12. The summed E-state index contributed by atoms with van der Waals surface area (Å²) in [6.07, 6.45) is 3.72. The van der Waals surface area contributed by atoms with Crippen LogP contribution in [0.4, 0.5) is 0 Å². The Labute approximate surface area is 110 Å². The lowest BCUT2D eigenvalue weighted by molar-refractivity contribution is 0.673. The zero-order valence-electron chi connectivity index (χ0n) is 9.45. The van der Waals surface area contributed by atoms with Crippen LogP contribution in [0.2, 0.25) is 10.0 Å². The monoisotopic (exact) mass is 269 g/mol. The van der Waals surface area contributed by atoms with Gasteiger partial charge in [0.15, 0.2) is 0 Å². The van der Waals surface area contributed by atoms with Crippen LogP contribution in [0.3, 0.4) is 0 Å². The number of imidazole rings is 1. The van der Waals surface area contributed by atoms with Crippen LogP contribution in [0, 0.1) is 0 Å². The van der Waals surface area contributed by atoms with Crippen LogP contribution in [0.15, 0.2) is 30.6 Å². The number of benzene rings is 1.